The van der Waals surface area contributed by atoms with E-state index in [9.17, 15) is 9.59 Å². The molecule has 1 aliphatic heterocycles. The number of nitrogens with zero attached hydrogens (tertiary/aromatic N) is 2. The Morgan fingerprint density at radius 3 is 3.00 bits per heavy atom. The van der Waals surface area contributed by atoms with E-state index >= 15 is 0 Å². The van der Waals surface area contributed by atoms with Crippen LogP contribution in [0.4, 0.5) is 5.82 Å². The predicted molar refractivity (Wildman–Crippen MR) is 77.2 cm³/mol. The Hall–Kier alpha value is -2.57. The van der Waals surface area contributed by atoms with Crippen molar-refractivity contribution in [3.8, 4) is 0 Å². The van der Waals surface area contributed by atoms with Crippen molar-refractivity contribution in [2.45, 2.75) is 19.8 Å². The van der Waals surface area contributed by atoms with Crippen molar-refractivity contribution in [2.24, 2.45) is 5.92 Å². The molecule has 2 aromatic rings. The lowest BCUT2D eigenvalue weighted by Gasteiger charge is -2.31. The van der Waals surface area contributed by atoms with E-state index in [1.807, 2.05) is 0 Å². The van der Waals surface area contributed by atoms with Gasteiger partial charge >= 0.3 is 0 Å². The average molecular weight is 303 g/mol. The van der Waals surface area contributed by atoms with Crippen LogP contribution in [-0.4, -0.2) is 35.0 Å². The highest BCUT2D eigenvalue weighted by Crippen LogP contribution is 2.20. The largest absolute Gasteiger partial charge is 0.472 e. The number of furan rings is 1. The molecule has 1 atom stereocenters. The van der Waals surface area contributed by atoms with E-state index in [0.717, 1.165) is 12.8 Å². The number of amides is 2. The zero-order valence-corrected chi connectivity index (χ0v) is 12.2. The molecule has 1 unspecified atom stereocenters. The fourth-order valence-electron chi connectivity index (χ4n) is 2.60. The Morgan fingerprint density at radius 2 is 2.32 bits per heavy atom. The summed E-state index contributed by atoms with van der Waals surface area (Å²) in [5, 5.41) is 6.47. The zero-order valence-electron chi connectivity index (χ0n) is 12.2. The SMILES string of the molecule is Cc1cc(NC(=O)C2CCCN(C(=O)c3ccoc3)C2)no1. The van der Waals surface area contributed by atoms with E-state index in [-0.39, 0.29) is 17.7 Å². The Morgan fingerprint density at radius 1 is 1.45 bits per heavy atom. The number of likely N-dealkylation sites (tertiary alicyclic amines) is 1. The quantitative estimate of drug-likeness (QED) is 0.937. The van der Waals surface area contributed by atoms with Crippen molar-refractivity contribution < 1.29 is 18.5 Å². The number of carbonyl (C=O) groups excluding carboxylic acids is 2. The fourth-order valence-corrected chi connectivity index (χ4v) is 2.60. The highest BCUT2D eigenvalue weighted by atomic mass is 16.5. The maximum atomic E-state index is 12.3. The normalized spacial score (nSPS) is 18.2. The molecule has 2 amide bonds. The van der Waals surface area contributed by atoms with E-state index in [4.69, 9.17) is 8.94 Å². The minimum absolute atomic E-state index is 0.108. The first-order chi connectivity index (χ1) is 10.6. The van der Waals surface area contributed by atoms with Gasteiger partial charge < -0.3 is 19.2 Å². The molecule has 0 saturated carbocycles. The molecule has 3 heterocycles. The number of aryl methyl sites for hydroxylation is 1. The van der Waals surface area contributed by atoms with Crippen LogP contribution in [0.2, 0.25) is 0 Å². The number of hydrogen-bond acceptors (Lipinski definition) is 5. The van der Waals surface area contributed by atoms with Gasteiger partial charge in [-0.25, -0.2) is 0 Å². The third kappa shape index (κ3) is 3.03. The molecule has 116 valence electrons. The molecule has 1 aliphatic rings. The van der Waals surface area contributed by atoms with Gasteiger partial charge in [0.2, 0.25) is 5.91 Å². The van der Waals surface area contributed by atoms with Gasteiger partial charge in [-0.2, -0.15) is 0 Å². The number of anilines is 1. The number of hydrogen-bond donors (Lipinski definition) is 1. The third-order valence-electron chi connectivity index (χ3n) is 3.73. The summed E-state index contributed by atoms with van der Waals surface area (Å²) < 4.78 is 9.86. The Labute approximate surface area is 127 Å². The summed E-state index contributed by atoms with van der Waals surface area (Å²) in [6.45, 7) is 2.80. The molecule has 0 radical (unpaired) electrons. The third-order valence-corrected chi connectivity index (χ3v) is 3.73. The van der Waals surface area contributed by atoms with Gasteiger partial charge in [-0.05, 0) is 25.8 Å². The monoisotopic (exact) mass is 303 g/mol. The highest BCUT2D eigenvalue weighted by molar-refractivity contribution is 5.95. The molecule has 7 heteroatoms. The van der Waals surface area contributed by atoms with Crippen LogP contribution in [0.5, 0.6) is 0 Å². The summed E-state index contributed by atoms with van der Waals surface area (Å²) in [5.41, 5.74) is 0.508. The van der Waals surface area contributed by atoms with Crippen LogP contribution in [0.1, 0.15) is 29.0 Å². The summed E-state index contributed by atoms with van der Waals surface area (Å²) in [6.07, 6.45) is 4.43. The molecule has 0 spiro atoms. The predicted octanol–water partition coefficient (Wildman–Crippen LogP) is 2.07. The molecule has 0 aromatic carbocycles. The van der Waals surface area contributed by atoms with E-state index in [0.29, 0.717) is 30.2 Å². The van der Waals surface area contributed by atoms with Gasteiger partial charge in [0.15, 0.2) is 5.82 Å². The molecule has 0 aliphatic carbocycles. The average Bonchev–Trinajstić information content (AvgIpc) is 3.18. The molecule has 22 heavy (non-hydrogen) atoms. The van der Waals surface area contributed by atoms with Crippen molar-refractivity contribution in [3.05, 3.63) is 36.0 Å². The van der Waals surface area contributed by atoms with Crippen LogP contribution in [-0.2, 0) is 4.79 Å². The van der Waals surface area contributed by atoms with Crippen LogP contribution in [0.15, 0.2) is 33.6 Å². The van der Waals surface area contributed by atoms with E-state index < -0.39 is 0 Å². The maximum absolute atomic E-state index is 12.3. The Bertz CT molecular complexity index is 662. The first kappa shape index (κ1) is 14.4. The second-order valence-corrected chi connectivity index (χ2v) is 5.41. The molecule has 1 fully saturated rings. The van der Waals surface area contributed by atoms with Gasteiger partial charge in [0.1, 0.15) is 12.0 Å². The van der Waals surface area contributed by atoms with Gasteiger partial charge in [0, 0.05) is 19.2 Å². The molecule has 1 N–H and O–H groups in total. The van der Waals surface area contributed by atoms with Gasteiger partial charge in [0.25, 0.3) is 5.91 Å². The Kier molecular flexibility index (Phi) is 3.95. The summed E-state index contributed by atoms with van der Waals surface area (Å²) in [5.74, 6) is 0.541. The smallest absolute Gasteiger partial charge is 0.257 e. The van der Waals surface area contributed by atoms with Gasteiger partial charge in [0.05, 0.1) is 17.7 Å². The van der Waals surface area contributed by atoms with Crippen LogP contribution < -0.4 is 5.32 Å². The van der Waals surface area contributed by atoms with E-state index in [1.54, 1.807) is 24.0 Å². The van der Waals surface area contributed by atoms with Crippen LogP contribution in [0.3, 0.4) is 0 Å². The van der Waals surface area contributed by atoms with Gasteiger partial charge in [-0.3, -0.25) is 9.59 Å². The first-order valence-electron chi connectivity index (χ1n) is 7.19. The van der Waals surface area contributed by atoms with Crippen molar-refractivity contribution in [1.29, 1.82) is 0 Å². The minimum atomic E-state index is -0.249. The Balaban J connectivity index is 1.62. The van der Waals surface area contributed by atoms with Crippen molar-refractivity contribution in [2.75, 3.05) is 18.4 Å². The zero-order chi connectivity index (χ0) is 15.5. The molecular formula is C15H17N3O4. The van der Waals surface area contributed by atoms with E-state index in [1.165, 1.54) is 12.5 Å². The van der Waals surface area contributed by atoms with E-state index in [2.05, 4.69) is 10.5 Å². The minimum Gasteiger partial charge on any atom is -0.472 e. The first-order valence-corrected chi connectivity index (χ1v) is 7.19. The van der Waals surface area contributed by atoms with Crippen molar-refractivity contribution in [3.63, 3.8) is 0 Å². The van der Waals surface area contributed by atoms with Crippen LogP contribution in [0.25, 0.3) is 0 Å². The molecule has 1 saturated heterocycles. The topological polar surface area (TPSA) is 88.6 Å². The molecule has 3 rings (SSSR count). The lowest BCUT2D eigenvalue weighted by atomic mass is 9.96. The fraction of sp³-hybridized carbons (Fsp3) is 0.400. The standard InChI is InChI=1S/C15H17N3O4/c1-10-7-13(17-22-10)16-14(19)11-3-2-5-18(8-11)15(20)12-4-6-21-9-12/h4,6-7,9,11H,2-3,5,8H2,1H3,(H,16,17,19). The van der Waals surface area contributed by atoms with Crippen molar-refractivity contribution >= 4 is 17.6 Å². The summed E-state index contributed by atoms with van der Waals surface area (Å²) in [7, 11) is 0. The lowest BCUT2D eigenvalue weighted by molar-refractivity contribution is -0.121. The number of piperidine rings is 1. The summed E-state index contributed by atoms with van der Waals surface area (Å²) >= 11 is 0. The van der Waals surface area contributed by atoms with Crippen molar-refractivity contribution in [1.82, 2.24) is 10.1 Å². The summed E-state index contributed by atoms with van der Waals surface area (Å²) in [4.78, 5) is 26.3. The number of rotatable bonds is 3. The van der Waals surface area contributed by atoms with Crippen LogP contribution in [0, 0.1) is 12.8 Å². The van der Waals surface area contributed by atoms with Gasteiger partial charge in [-0.15, -0.1) is 0 Å². The van der Waals surface area contributed by atoms with Crippen LogP contribution >= 0.6 is 0 Å². The second-order valence-electron chi connectivity index (χ2n) is 5.41. The molecule has 2 aromatic heterocycles. The lowest BCUT2D eigenvalue weighted by Crippen LogP contribution is -2.43. The second kappa shape index (κ2) is 6.05. The molecule has 0 bridgehead atoms. The molecular weight excluding hydrogens is 286 g/mol. The summed E-state index contributed by atoms with van der Waals surface area (Å²) in [6, 6.07) is 3.29. The van der Waals surface area contributed by atoms with Gasteiger partial charge in [-0.1, -0.05) is 5.16 Å². The maximum Gasteiger partial charge on any atom is 0.257 e. The molecule has 7 nitrogen and oxygen atoms in total. The number of nitrogens with one attached hydrogen (secondary N) is 1. The highest BCUT2D eigenvalue weighted by Gasteiger charge is 2.29. The number of aromatic nitrogens is 1. The number of carbonyl (C=O) groups is 2.